The lowest BCUT2D eigenvalue weighted by molar-refractivity contribution is 0.0383. The van der Waals surface area contributed by atoms with Gasteiger partial charge in [-0.2, -0.15) is 0 Å². The third kappa shape index (κ3) is 5.32. The number of hydrogen-bond donors (Lipinski definition) is 2. The molecule has 0 radical (unpaired) electrons. The number of carbonyl (C=O) groups excluding carboxylic acids is 2. The van der Waals surface area contributed by atoms with Crippen molar-refractivity contribution >= 4 is 11.8 Å². The van der Waals surface area contributed by atoms with E-state index in [4.69, 9.17) is 4.74 Å². The van der Waals surface area contributed by atoms with Gasteiger partial charge < -0.3 is 19.9 Å². The molecule has 0 bridgehead atoms. The number of hydrogen-bond acceptors (Lipinski definition) is 5. The Hall–Kier alpha value is -1.93. The van der Waals surface area contributed by atoms with Gasteiger partial charge in [-0.15, -0.1) is 0 Å². The van der Waals surface area contributed by atoms with Crippen LogP contribution in [0.1, 0.15) is 65.8 Å². The first kappa shape index (κ1) is 20.8. The van der Waals surface area contributed by atoms with Gasteiger partial charge in [-0.3, -0.25) is 14.5 Å². The van der Waals surface area contributed by atoms with Crippen LogP contribution in [0.25, 0.3) is 0 Å². The summed E-state index contributed by atoms with van der Waals surface area (Å²) in [6.07, 6.45) is 6.00. The third-order valence-electron chi connectivity index (χ3n) is 5.42. The van der Waals surface area contributed by atoms with Gasteiger partial charge in [0.15, 0.2) is 5.82 Å². The van der Waals surface area contributed by atoms with E-state index in [9.17, 15) is 9.59 Å². The summed E-state index contributed by atoms with van der Waals surface area (Å²) in [6.45, 7) is 8.21. The normalized spacial score (nSPS) is 17.2. The Bertz CT molecular complexity index is 667. The van der Waals surface area contributed by atoms with Crippen molar-refractivity contribution in [3.8, 4) is 0 Å². The maximum absolute atomic E-state index is 12.7. The molecule has 0 atom stereocenters. The summed E-state index contributed by atoms with van der Waals surface area (Å²) in [4.78, 5) is 32.1. The monoisotopic (exact) mass is 391 g/mol. The number of morpholine rings is 1. The molecule has 8 nitrogen and oxygen atoms in total. The number of rotatable bonds is 9. The molecule has 2 aliphatic rings. The highest BCUT2D eigenvalue weighted by Gasteiger charge is 2.27. The van der Waals surface area contributed by atoms with E-state index in [2.05, 4.69) is 27.4 Å². The summed E-state index contributed by atoms with van der Waals surface area (Å²) in [5, 5.41) is 5.93. The fraction of sp³-hybridized carbons (Fsp3) is 0.750. The van der Waals surface area contributed by atoms with Crippen LogP contribution in [0, 0.1) is 0 Å². The molecule has 3 heterocycles. The standard InChI is InChI=1S/C20H33N5O3/c1-2-3-5-8-21-20(27)18-23-17(16-7-4-6-10-25(16)18)19(26)22-9-11-24-12-14-28-15-13-24/h2-15H2,1H3,(H,21,27)(H,22,26). The molecule has 2 aliphatic heterocycles. The average Bonchev–Trinajstić information content (AvgIpc) is 3.12. The summed E-state index contributed by atoms with van der Waals surface area (Å²) < 4.78 is 7.29. The van der Waals surface area contributed by atoms with Gasteiger partial charge in [0.05, 0.1) is 18.9 Å². The fourth-order valence-corrected chi connectivity index (χ4v) is 3.79. The first-order valence-corrected chi connectivity index (χ1v) is 10.7. The predicted octanol–water partition coefficient (Wildman–Crippen LogP) is 1.20. The second kappa shape index (κ2) is 10.6. The summed E-state index contributed by atoms with van der Waals surface area (Å²) >= 11 is 0. The lowest BCUT2D eigenvalue weighted by Crippen LogP contribution is -2.41. The van der Waals surface area contributed by atoms with E-state index in [0.717, 1.165) is 83.6 Å². The number of amides is 2. The van der Waals surface area contributed by atoms with Crippen molar-refractivity contribution in [1.82, 2.24) is 25.1 Å². The smallest absolute Gasteiger partial charge is 0.287 e. The van der Waals surface area contributed by atoms with Gasteiger partial charge in [-0.1, -0.05) is 19.8 Å². The fourth-order valence-electron chi connectivity index (χ4n) is 3.79. The van der Waals surface area contributed by atoms with E-state index >= 15 is 0 Å². The number of unbranched alkanes of at least 4 members (excludes halogenated alkanes) is 2. The van der Waals surface area contributed by atoms with Crippen molar-refractivity contribution in [2.24, 2.45) is 0 Å². The topological polar surface area (TPSA) is 88.5 Å². The lowest BCUT2D eigenvalue weighted by atomic mass is 10.1. The van der Waals surface area contributed by atoms with Gasteiger partial charge in [-0.25, -0.2) is 4.98 Å². The zero-order chi connectivity index (χ0) is 19.8. The zero-order valence-electron chi connectivity index (χ0n) is 17.0. The largest absolute Gasteiger partial charge is 0.379 e. The molecule has 0 aliphatic carbocycles. The first-order valence-electron chi connectivity index (χ1n) is 10.7. The molecule has 8 heteroatoms. The quantitative estimate of drug-likeness (QED) is 0.618. The number of fused-ring (bicyclic) bond motifs is 1. The third-order valence-corrected chi connectivity index (χ3v) is 5.42. The Morgan fingerprint density at radius 3 is 2.61 bits per heavy atom. The number of nitrogens with zero attached hydrogens (tertiary/aromatic N) is 3. The summed E-state index contributed by atoms with van der Waals surface area (Å²) in [5.41, 5.74) is 1.31. The molecule has 0 aromatic carbocycles. The second-order valence-electron chi connectivity index (χ2n) is 7.51. The van der Waals surface area contributed by atoms with E-state index in [1.54, 1.807) is 0 Å². The molecule has 0 saturated carbocycles. The van der Waals surface area contributed by atoms with Crippen LogP contribution in [0.3, 0.4) is 0 Å². The van der Waals surface area contributed by atoms with Crippen LogP contribution in [0.5, 0.6) is 0 Å². The minimum absolute atomic E-state index is 0.174. The molecule has 1 saturated heterocycles. The zero-order valence-corrected chi connectivity index (χ0v) is 17.0. The Morgan fingerprint density at radius 2 is 1.82 bits per heavy atom. The number of imidazole rings is 1. The van der Waals surface area contributed by atoms with Crippen molar-refractivity contribution in [1.29, 1.82) is 0 Å². The number of ether oxygens (including phenoxy) is 1. The van der Waals surface area contributed by atoms with Crippen LogP contribution in [0.4, 0.5) is 0 Å². The SMILES string of the molecule is CCCCCNC(=O)c1nc(C(=O)NCCN2CCOCC2)c2n1CCCC2. The molecule has 0 spiro atoms. The Morgan fingerprint density at radius 1 is 1.04 bits per heavy atom. The van der Waals surface area contributed by atoms with Crippen molar-refractivity contribution in [3.63, 3.8) is 0 Å². The van der Waals surface area contributed by atoms with Crippen molar-refractivity contribution < 1.29 is 14.3 Å². The van der Waals surface area contributed by atoms with E-state index in [0.29, 0.717) is 24.6 Å². The maximum atomic E-state index is 12.7. The Kier molecular flexibility index (Phi) is 7.85. The van der Waals surface area contributed by atoms with Gasteiger partial charge in [0.1, 0.15) is 5.69 Å². The molecule has 1 aromatic rings. The molecule has 0 unspecified atom stereocenters. The predicted molar refractivity (Wildman–Crippen MR) is 107 cm³/mol. The summed E-state index contributed by atoms with van der Waals surface area (Å²) in [5.74, 6) is 0.0279. The van der Waals surface area contributed by atoms with Crippen LogP contribution in [-0.4, -0.2) is 72.2 Å². The average molecular weight is 392 g/mol. The van der Waals surface area contributed by atoms with Gasteiger partial charge in [0.2, 0.25) is 0 Å². The lowest BCUT2D eigenvalue weighted by Gasteiger charge is -2.26. The van der Waals surface area contributed by atoms with Crippen molar-refractivity contribution in [3.05, 3.63) is 17.2 Å². The van der Waals surface area contributed by atoms with Crippen LogP contribution in [0.2, 0.25) is 0 Å². The number of nitrogens with one attached hydrogen (secondary N) is 2. The molecule has 1 aromatic heterocycles. The van der Waals surface area contributed by atoms with Crippen LogP contribution in [0.15, 0.2) is 0 Å². The maximum Gasteiger partial charge on any atom is 0.287 e. The van der Waals surface area contributed by atoms with Crippen molar-refractivity contribution in [2.45, 2.75) is 52.0 Å². The highest BCUT2D eigenvalue weighted by Crippen LogP contribution is 2.21. The Labute approximate surface area is 167 Å². The Balaban J connectivity index is 1.60. The van der Waals surface area contributed by atoms with E-state index in [-0.39, 0.29) is 11.8 Å². The summed E-state index contributed by atoms with van der Waals surface area (Å²) in [6, 6.07) is 0. The molecule has 156 valence electrons. The van der Waals surface area contributed by atoms with Gasteiger partial charge in [-0.05, 0) is 25.7 Å². The van der Waals surface area contributed by atoms with Crippen LogP contribution < -0.4 is 10.6 Å². The minimum atomic E-state index is -0.177. The van der Waals surface area contributed by atoms with Crippen molar-refractivity contribution in [2.75, 3.05) is 45.9 Å². The highest BCUT2D eigenvalue weighted by molar-refractivity contribution is 5.97. The molecule has 28 heavy (non-hydrogen) atoms. The molecular weight excluding hydrogens is 358 g/mol. The number of aromatic nitrogens is 2. The summed E-state index contributed by atoms with van der Waals surface area (Å²) in [7, 11) is 0. The van der Waals surface area contributed by atoms with E-state index in [1.165, 1.54) is 0 Å². The second-order valence-corrected chi connectivity index (χ2v) is 7.51. The van der Waals surface area contributed by atoms with Crippen LogP contribution in [-0.2, 0) is 17.7 Å². The minimum Gasteiger partial charge on any atom is -0.379 e. The highest BCUT2D eigenvalue weighted by atomic mass is 16.5. The molecular formula is C20H33N5O3. The molecule has 3 rings (SSSR count). The van der Waals surface area contributed by atoms with Gasteiger partial charge in [0, 0.05) is 39.3 Å². The first-order chi connectivity index (χ1) is 13.7. The molecule has 2 N–H and O–H groups in total. The number of carbonyl (C=O) groups is 2. The van der Waals surface area contributed by atoms with E-state index in [1.807, 2.05) is 4.57 Å². The van der Waals surface area contributed by atoms with Crippen LogP contribution >= 0.6 is 0 Å². The molecule has 1 fully saturated rings. The molecule has 2 amide bonds. The van der Waals surface area contributed by atoms with E-state index < -0.39 is 0 Å². The van der Waals surface area contributed by atoms with Gasteiger partial charge >= 0.3 is 0 Å². The van der Waals surface area contributed by atoms with Gasteiger partial charge in [0.25, 0.3) is 11.8 Å².